The van der Waals surface area contributed by atoms with Crippen LogP contribution in [0.25, 0.3) is 44.2 Å². The number of aromatic amines is 1. The summed E-state index contributed by atoms with van der Waals surface area (Å²) in [6.07, 6.45) is 2.58. The van der Waals surface area contributed by atoms with Crippen LogP contribution in [0.1, 0.15) is 6.42 Å². The van der Waals surface area contributed by atoms with Crippen LogP contribution >= 0.6 is 0 Å². The van der Waals surface area contributed by atoms with Crippen LogP contribution in [-0.2, 0) is 14.1 Å². The number of ether oxygens (including phenoxy) is 2. The lowest BCUT2D eigenvalue weighted by molar-refractivity contribution is 0.232. The molecule has 30 heavy (non-hydrogen) atoms. The zero-order valence-corrected chi connectivity index (χ0v) is 16.7. The summed E-state index contributed by atoms with van der Waals surface area (Å²) in [6.45, 7) is 1.05. The fourth-order valence-electron chi connectivity index (χ4n) is 4.08. The molecule has 8 heteroatoms. The Balaban J connectivity index is 1.61. The van der Waals surface area contributed by atoms with E-state index in [0.717, 1.165) is 56.5 Å². The molecule has 4 heterocycles. The predicted octanol–water partition coefficient (Wildman–Crippen LogP) is 3.68. The van der Waals surface area contributed by atoms with E-state index in [9.17, 15) is 0 Å². The third-order valence-corrected chi connectivity index (χ3v) is 5.61. The van der Waals surface area contributed by atoms with E-state index < -0.39 is 0 Å². The largest absolute Gasteiger partial charge is 0.477 e. The van der Waals surface area contributed by atoms with E-state index in [1.807, 2.05) is 31.0 Å². The Morgan fingerprint density at radius 3 is 2.70 bits per heavy atom. The number of benzene rings is 2. The van der Waals surface area contributed by atoms with Crippen LogP contribution < -0.4 is 9.47 Å². The van der Waals surface area contributed by atoms with Crippen molar-refractivity contribution in [1.29, 1.82) is 0 Å². The zero-order chi connectivity index (χ0) is 20.2. The fraction of sp³-hybridized carbons (Fsp3) is 0.227. The molecule has 1 aliphatic rings. The van der Waals surface area contributed by atoms with Crippen molar-refractivity contribution in [2.75, 3.05) is 13.2 Å². The first-order chi connectivity index (χ1) is 14.7. The minimum atomic E-state index is 0.518. The second kappa shape index (κ2) is 6.35. The monoisotopic (exact) mass is 400 g/mol. The molecule has 0 saturated carbocycles. The maximum atomic E-state index is 6.08. The number of nitrogens with zero attached hydrogens (tertiary/aromatic N) is 5. The van der Waals surface area contributed by atoms with Crippen molar-refractivity contribution in [2.24, 2.45) is 14.1 Å². The Morgan fingerprint density at radius 2 is 1.77 bits per heavy atom. The van der Waals surface area contributed by atoms with Crippen molar-refractivity contribution in [3.63, 3.8) is 0 Å². The molecule has 4 bridgehead atoms. The van der Waals surface area contributed by atoms with Crippen molar-refractivity contribution < 1.29 is 9.47 Å². The fourth-order valence-corrected chi connectivity index (χ4v) is 4.08. The Kier molecular flexibility index (Phi) is 3.61. The molecule has 150 valence electrons. The van der Waals surface area contributed by atoms with Gasteiger partial charge in [-0.2, -0.15) is 10.2 Å². The standard InChI is InChI=1S/C22H20N6O2/c1-27-19-7-5-14-11-16(19)21(26-27)29-8-3-9-30-22-17(12-23-28(22)2)13-4-6-18-15(10-13)20(14)25-24-18/h4-7,10-12H,3,8-9H2,1-2H3,(H,24,25). The summed E-state index contributed by atoms with van der Waals surface area (Å²) in [6, 6.07) is 12.5. The van der Waals surface area contributed by atoms with E-state index in [4.69, 9.17) is 9.47 Å². The van der Waals surface area contributed by atoms with Gasteiger partial charge < -0.3 is 9.47 Å². The molecule has 0 amide bonds. The lowest BCUT2D eigenvalue weighted by Crippen LogP contribution is -2.08. The predicted molar refractivity (Wildman–Crippen MR) is 114 cm³/mol. The smallest absolute Gasteiger partial charge is 0.240 e. The van der Waals surface area contributed by atoms with Crippen LogP contribution in [0, 0.1) is 0 Å². The summed E-state index contributed by atoms with van der Waals surface area (Å²) in [5.74, 6) is 1.38. The number of rotatable bonds is 0. The molecule has 0 atom stereocenters. The summed E-state index contributed by atoms with van der Waals surface area (Å²) in [4.78, 5) is 0. The molecule has 3 aromatic heterocycles. The van der Waals surface area contributed by atoms with E-state index in [0.29, 0.717) is 19.1 Å². The van der Waals surface area contributed by atoms with Gasteiger partial charge in [0.25, 0.3) is 0 Å². The number of aromatic nitrogens is 6. The third-order valence-electron chi connectivity index (χ3n) is 5.61. The second-order valence-corrected chi connectivity index (χ2v) is 7.53. The molecule has 1 aliphatic heterocycles. The number of nitrogens with one attached hydrogen (secondary N) is 1. The van der Waals surface area contributed by atoms with Gasteiger partial charge in [-0.05, 0) is 29.8 Å². The first kappa shape index (κ1) is 17.1. The summed E-state index contributed by atoms with van der Waals surface area (Å²) < 4.78 is 15.7. The number of H-pyrrole nitrogens is 1. The minimum absolute atomic E-state index is 0.518. The molecule has 0 fully saturated rings. The average Bonchev–Trinajstić information content (AvgIpc) is 3.43. The Bertz CT molecular complexity index is 1410. The van der Waals surface area contributed by atoms with Gasteiger partial charge in [-0.25, -0.2) is 4.68 Å². The molecule has 0 saturated heterocycles. The SMILES string of the molecule is Cn1ncc2c1OCCCOc1nn(C)c3ccc(cc13)-c1n[nH]c3ccc-2cc13. The minimum Gasteiger partial charge on any atom is -0.477 e. The van der Waals surface area contributed by atoms with Gasteiger partial charge in [0.15, 0.2) is 0 Å². The van der Waals surface area contributed by atoms with E-state index in [2.05, 4.69) is 50.7 Å². The maximum absolute atomic E-state index is 6.08. The highest BCUT2D eigenvalue weighted by Gasteiger charge is 2.18. The van der Waals surface area contributed by atoms with Gasteiger partial charge in [-0.1, -0.05) is 12.1 Å². The van der Waals surface area contributed by atoms with Crippen LogP contribution in [0.3, 0.4) is 0 Å². The van der Waals surface area contributed by atoms with E-state index >= 15 is 0 Å². The molecule has 8 nitrogen and oxygen atoms in total. The van der Waals surface area contributed by atoms with E-state index in [1.54, 1.807) is 4.68 Å². The van der Waals surface area contributed by atoms with Gasteiger partial charge in [-0.15, -0.1) is 5.10 Å². The second-order valence-electron chi connectivity index (χ2n) is 7.53. The Hall–Kier alpha value is -3.81. The molecular formula is C22H20N6O2. The van der Waals surface area contributed by atoms with Crippen LogP contribution in [0.15, 0.2) is 42.6 Å². The first-order valence-electron chi connectivity index (χ1n) is 9.92. The highest BCUT2D eigenvalue weighted by atomic mass is 16.5. The molecule has 5 aromatic rings. The molecule has 0 spiro atoms. The number of hydrogen-bond donors (Lipinski definition) is 1. The van der Waals surface area contributed by atoms with Crippen LogP contribution in [-0.4, -0.2) is 43.0 Å². The summed E-state index contributed by atoms with van der Waals surface area (Å²) >= 11 is 0. The molecule has 0 aliphatic carbocycles. The van der Waals surface area contributed by atoms with Crippen LogP contribution in [0.4, 0.5) is 0 Å². The normalized spacial score (nSPS) is 13.8. The van der Waals surface area contributed by atoms with E-state index in [1.165, 1.54) is 0 Å². The Labute approximate surface area is 172 Å². The number of aryl methyl sites for hydroxylation is 2. The quantitative estimate of drug-likeness (QED) is 0.429. The molecular weight excluding hydrogens is 380 g/mol. The van der Waals surface area contributed by atoms with Gasteiger partial charge in [0, 0.05) is 31.5 Å². The lowest BCUT2D eigenvalue weighted by atomic mass is 10.0. The van der Waals surface area contributed by atoms with Gasteiger partial charge in [0.05, 0.1) is 47.1 Å². The maximum Gasteiger partial charge on any atom is 0.240 e. The van der Waals surface area contributed by atoms with Gasteiger partial charge >= 0.3 is 0 Å². The van der Waals surface area contributed by atoms with Crippen molar-refractivity contribution in [3.05, 3.63) is 42.6 Å². The summed E-state index contributed by atoms with van der Waals surface area (Å²) in [5.41, 5.74) is 5.91. The first-order valence-corrected chi connectivity index (χ1v) is 9.92. The average molecular weight is 400 g/mol. The van der Waals surface area contributed by atoms with Gasteiger partial charge in [-0.3, -0.25) is 9.78 Å². The van der Waals surface area contributed by atoms with Crippen LogP contribution in [0.2, 0.25) is 0 Å². The Morgan fingerprint density at radius 1 is 0.933 bits per heavy atom. The van der Waals surface area contributed by atoms with Crippen molar-refractivity contribution in [2.45, 2.75) is 6.42 Å². The van der Waals surface area contributed by atoms with E-state index in [-0.39, 0.29) is 0 Å². The molecule has 6 rings (SSSR count). The third kappa shape index (κ3) is 2.50. The topological polar surface area (TPSA) is 82.8 Å². The lowest BCUT2D eigenvalue weighted by Gasteiger charge is -2.09. The van der Waals surface area contributed by atoms with Gasteiger partial charge in [0.2, 0.25) is 11.8 Å². The molecule has 1 N–H and O–H groups in total. The summed E-state index contributed by atoms with van der Waals surface area (Å²) in [5, 5.41) is 18.7. The van der Waals surface area contributed by atoms with Crippen molar-refractivity contribution in [3.8, 4) is 34.1 Å². The molecule has 2 aromatic carbocycles. The van der Waals surface area contributed by atoms with Gasteiger partial charge in [0.1, 0.15) is 0 Å². The highest BCUT2D eigenvalue weighted by Crippen LogP contribution is 2.36. The highest BCUT2D eigenvalue weighted by molar-refractivity contribution is 5.98. The number of fused-ring (bicyclic) bond motifs is 5. The van der Waals surface area contributed by atoms with Crippen molar-refractivity contribution >= 4 is 21.8 Å². The van der Waals surface area contributed by atoms with Crippen LogP contribution in [0.5, 0.6) is 11.8 Å². The zero-order valence-electron chi connectivity index (χ0n) is 16.7. The molecule has 0 unspecified atom stereocenters. The number of hydrogen-bond acceptors (Lipinski definition) is 5. The van der Waals surface area contributed by atoms with Crippen molar-refractivity contribution in [1.82, 2.24) is 29.8 Å². The summed E-state index contributed by atoms with van der Waals surface area (Å²) in [7, 11) is 3.82. The molecule has 0 radical (unpaired) electrons.